The Morgan fingerprint density at radius 2 is 2.12 bits per heavy atom. The van der Waals surface area contributed by atoms with Gasteiger partial charge in [-0.15, -0.1) is 0 Å². The third-order valence-electron chi connectivity index (χ3n) is 5.12. The number of aromatic nitrogens is 2. The summed E-state index contributed by atoms with van der Waals surface area (Å²) in [5.41, 5.74) is 0.143. The van der Waals surface area contributed by atoms with E-state index in [4.69, 9.17) is 14.0 Å². The maximum atomic E-state index is 6.03. The fourth-order valence-corrected chi connectivity index (χ4v) is 3.41. The quantitative estimate of drug-likeness (QED) is 0.607. The highest BCUT2D eigenvalue weighted by molar-refractivity contribution is 5.04. The van der Waals surface area contributed by atoms with Gasteiger partial charge in [0.2, 0.25) is 5.89 Å². The van der Waals surface area contributed by atoms with Crippen LogP contribution >= 0.6 is 0 Å². The van der Waals surface area contributed by atoms with Crippen LogP contribution in [0.25, 0.3) is 0 Å². The summed E-state index contributed by atoms with van der Waals surface area (Å²) >= 11 is 0. The minimum Gasteiger partial charge on any atom is -0.378 e. The molecule has 0 N–H and O–H groups in total. The predicted octanol–water partition coefficient (Wildman–Crippen LogP) is 3.58. The minimum atomic E-state index is -0.130. The molecule has 2 rings (SSSR count). The van der Waals surface area contributed by atoms with E-state index in [1.54, 1.807) is 0 Å². The van der Waals surface area contributed by atoms with E-state index in [1.807, 2.05) is 13.8 Å². The van der Waals surface area contributed by atoms with Crippen LogP contribution < -0.4 is 0 Å². The fraction of sp³-hybridized carbons (Fsp3) is 0.889. The van der Waals surface area contributed by atoms with Crippen LogP contribution in [0.3, 0.4) is 0 Å². The van der Waals surface area contributed by atoms with Crippen molar-refractivity contribution in [2.24, 2.45) is 5.41 Å². The van der Waals surface area contributed by atoms with Crippen molar-refractivity contribution in [2.75, 3.05) is 20.3 Å². The summed E-state index contributed by atoms with van der Waals surface area (Å²) in [5.74, 6) is 1.26. The average Bonchev–Trinajstić information content (AvgIpc) is 2.98. The lowest BCUT2D eigenvalue weighted by molar-refractivity contribution is -0.150. The Hall–Kier alpha value is -0.980. The third-order valence-corrected chi connectivity index (χ3v) is 5.12. The largest absolute Gasteiger partial charge is 0.378 e. The van der Waals surface area contributed by atoms with Gasteiger partial charge in [-0.3, -0.25) is 4.90 Å². The van der Waals surface area contributed by atoms with Crippen LogP contribution in [0.5, 0.6) is 0 Å². The first-order chi connectivity index (χ1) is 11.4. The Kier molecular flexibility index (Phi) is 6.78. The Morgan fingerprint density at radius 3 is 2.75 bits per heavy atom. The second kappa shape index (κ2) is 8.41. The first kappa shape index (κ1) is 19.3. The van der Waals surface area contributed by atoms with Gasteiger partial charge in [-0.25, -0.2) is 0 Å². The number of ether oxygens (including phenoxy) is 2. The van der Waals surface area contributed by atoms with E-state index in [0.29, 0.717) is 37.0 Å². The summed E-state index contributed by atoms with van der Waals surface area (Å²) in [7, 11) is 2.12. The van der Waals surface area contributed by atoms with Crippen LogP contribution in [0.4, 0.5) is 0 Å². The lowest BCUT2D eigenvalue weighted by Gasteiger charge is -2.54. The van der Waals surface area contributed by atoms with Gasteiger partial charge in [0.1, 0.15) is 6.10 Å². The van der Waals surface area contributed by atoms with Crippen LogP contribution in [0.2, 0.25) is 0 Å². The summed E-state index contributed by atoms with van der Waals surface area (Å²) < 4.78 is 16.9. The lowest BCUT2D eigenvalue weighted by atomic mass is 9.64. The van der Waals surface area contributed by atoms with Crippen molar-refractivity contribution in [1.29, 1.82) is 0 Å². The van der Waals surface area contributed by atoms with Gasteiger partial charge in [-0.05, 0) is 33.7 Å². The first-order valence-electron chi connectivity index (χ1n) is 9.16. The molecule has 1 heterocycles. The standard InChI is InChI=1S/C18H33N3O3/c1-7-9-10-23-15-11-14(18(15,4)5)21(6)12-16-19-17(20-24-16)13(3)22-8-2/h13-15H,7-12H2,1-6H3. The number of hydrogen-bond donors (Lipinski definition) is 0. The molecule has 1 aliphatic carbocycles. The molecule has 3 unspecified atom stereocenters. The van der Waals surface area contributed by atoms with E-state index >= 15 is 0 Å². The van der Waals surface area contributed by atoms with Gasteiger partial charge in [0.15, 0.2) is 5.82 Å². The van der Waals surface area contributed by atoms with Gasteiger partial charge in [-0.1, -0.05) is 32.3 Å². The molecular formula is C18H33N3O3. The first-order valence-corrected chi connectivity index (χ1v) is 9.16. The lowest BCUT2D eigenvalue weighted by Crippen LogP contribution is -2.61. The van der Waals surface area contributed by atoms with Gasteiger partial charge in [0, 0.05) is 24.7 Å². The molecule has 1 aromatic heterocycles. The van der Waals surface area contributed by atoms with Crippen molar-refractivity contribution >= 4 is 0 Å². The zero-order chi connectivity index (χ0) is 17.7. The maximum absolute atomic E-state index is 6.03. The Balaban J connectivity index is 1.86. The smallest absolute Gasteiger partial charge is 0.240 e. The van der Waals surface area contributed by atoms with Crippen molar-refractivity contribution in [3.63, 3.8) is 0 Å². The Labute approximate surface area is 145 Å². The zero-order valence-electron chi connectivity index (χ0n) is 16.0. The highest BCUT2D eigenvalue weighted by Gasteiger charge is 2.50. The molecule has 0 aliphatic heterocycles. The summed E-state index contributed by atoms with van der Waals surface area (Å²) in [4.78, 5) is 6.76. The molecule has 6 nitrogen and oxygen atoms in total. The van der Waals surface area contributed by atoms with Gasteiger partial charge in [-0.2, -0.15) is 4.98 Å². The van der Waals surface area contributed by atoms with Crippen molar-refractivity contribution in [3.8, 4) is 0 Å². The van der Waals surface area contributed by atoms with Crippen molar-refractivity contribution in [1.82, 2.24) is 15.0 Å². The Bertz CT molecular complexity index is 503. The van der Waals surface area contributed by atoms with E-state index in [-0.39, 0.29) is 11.5 Å². The molecule has 1 aliphatic rings. The van der Waals surface area contributed by atoms with Gasteiger partial charge >= 0.3 is 0 Å². The third kappa shape index (κ3) is 4.35. The van der Waals surface area contributed by atoms with Crippen LogP contribution in [0.15, 0.2) is 4.52 Å². The molecule has 0 bridgehead atoms. The van der Waals surface area contributed by atoms with E-state index in [1.165, 1.54) is 6.42 Å². The molecule has 0 radical (unpaired) electrons. The molecule has 0 aromatic carbocycles. The molecule has 1 fully saturated rings. The minimum absolute atomic E-state index is 0.130. The Morgan fingerprint density at radius 1 is 1.38 bits per heavy atom. The van der Waals surface area contributed by atoms with Crippen molar-refractivity contribution in [3.05, 3.63) is 11.7 Å². The topological polar surface area (TPSA) is 60.6 Å². The highest BCUT2D eigenvalue weighted by atomic mass is 16.5. The van der Waals surface area contributed by atoms with Gasteiger partial charge in [0.05, 0.1) is 12.6 Å². The van der Waals surface area contributed by atoms with Crippen LogP contribution in [0, 0.1) is 5.41 Å². The SMILES string of the molecule is CCCCOC1CC(N(C)Cc2nc(C(C)OCC)no2)C1(C)C. The number of unbranched alkanes of at least 4 members (excludes halogenated alkanes) is 1. The van der Waals surface area contributed by atoms with Crippen molar-refractivity contribution in [2.45, 2.75) is 78.7 Å². The molecule has 138 valence electrons. The van der Waals surface area contributed by atoms with Gasteiger partial charge < -0.3 is 14.0 Å². The summed E-state index contributed by atoms with van der Waals surface area (Å²) in [6, 6.07) is 0.462. The highest BCUT2D eigenvalue weighted by Crippen LogP contribution is 2.45. The second-order valence-corrected chi connectivity index (χ2v) is 7.34. The molecule has 0 spiro atoms. The molecule has 6 heteroatoms. The van der Waals surface area contributed by atoms with Crippen LogP contribution in [-0.2, 0) is 16.0 Å². The molecule has 1 saturated carbocycles. The normalized spacial score (nSPS) is 24.1. The summed E-state index contributed by atoms with van der Waals surface area (Å²) in [6.07, 6.45) is 3.58. The molecule has 0 amide bonds. The van der Waals surface area contributed by atoms with E-state index in [0.717, 1.165) is 19.4 Å². The molecule has 0 saturated heterocycles. The van der Waals surface area contributed by atoms with Gasteiger partial charge in [0.25, 0.3) is 0 Å². The second-order valence-electron chi connectivity index (χ2n) is 7.34. The summed E-state index contributed by atoms with van der Waals surface area (Å²) in [5, 5.41) is 4.03. The predicted molar refractivity (Wildman–Crippen MR) is 92.6 cm³/mol. The van der Waals surface area contributed by atoms with Crippen molar-refractivity contribution < 1.29 is 14.0 Å². The summed E-state index contributed by atoms with van der Waals surface area (Å²) in [6.45, 7) is 12.8. The van der Waals surface area contributed by atoms with E-state index < -0.39 is 0 Å². The molecule has 24 heavy (non-hydrogen) atoms. The van der Waals surface area contributed by atoms with Crippen LogP contribution in [0.1, 0.15) is 71.7 Å². The maximum Gasteiger partial charge on any atom is 0.240 e. The zero-order valence-corrected chi connectivity index (χ0v) is 16.0. The fourth-order valence-electron chi connectivity index (χ4n) is 3.41. The number of rotatable bonds is 10. The molecule has 1 aromatic rings. The monoisotopic (exact) mass is 339 g/mol. The molecular weight excluding hydrogens is 306 g/mol. The van der Waals surface area contributed by atoms with Crippen LogP contribution in [-0.4, -0.2) is 47.4 Å². The number of nitrogens with zero attached hydrogens (tertiary/aromatic N) is 3. The molecule has 3 atom stereocenters. The van der Waals surface area contributed by atoms with E-state index in [9.17, 15) is 0 Å². The average molecular weight is 339 g/mol. The van der Waals surface area contributed by atoms with E-state index in [2.05, 4.69) is 42.9 Å². The number of hydrogen-bond acceptors (Lipinski definition) is 6.